The van der Waals surface area contributed by atoms with Crippen LogP contribution in [0.5, 0.6) is 0 Å². The quantitative estimate of drug-likeness (QED) is 0.652. The smallest absolute Gasteiger partial charge is 0.247 e. The second-order valence-electron chi connectivity index (χ2n) is 5.84. The van der Waals surface area contributed by atoms with E-state index in [1.54, 1.807) is 23.9 Å². The Morgan fingerprint density at radius 1 is 1.17 bits per heavy atom. The number of aromatic nitrogens is 5. The lowest BCUT2D eigenvalue weighted by atomic mass is 10.2. The summed E-state index contributed by atoms with van der Waals surface area (Å²) in [6.07, 6.45) is 2.35. The molecule has 0 spiro atoms. The van der Waals surface area contributed by atoms with E-state index in [1.165, 1.54) is 25.0 Å². The molecule has 3 aromatic rings. The van der Waals surface area contributed by atoms with E-state index in [9.17, 15) is 4.39 Å². The van der Waals surface area contributed by atoms with Crippen molar-refractivity contribution in [3.8, 4) is 11.5 Å². The van der Waals surface area contributed by atoms with Crippen molar-refractivity contribution in [2.24, 2.45) is 0 Å². The van der Waals surface area contributed by atoms with Gasteiger partial charge < -0.3 is 8.98 Å². The second kappa shape index (κ2) is 6.01. The fourth-order valence-electron chi connectivity index (χ4n) is 2.50. The predicted octanol–water partition coefficient (Wildman–Crippen LogP) is 3.96. The lowest BCUT2D eigenvalue weighted by Crippen LogP contribution is -2.00. The Hall–Kier alpha value is -2.22. The summed E-state index contributed by atoms with van der Waals surface area (Å²) < 4.78 is 20.9. The first kappa shape index (κ1) is 15.3. The fourth-order valence-corrected chi connectivity index (χ4v) is 3.49. The molecule has 0 N–H and O–H groups in total. The molecule has 124 valence electrons. The summed E-state index contributed by atoms with van der Waals surface area (Å²) in [6.45, 7) is 3.97. The molecule has 1 aliphatic rings. The van der Waals surface area contributed by atoms with Crippen LogP contribution in [0.1, 0.15) is 42.8 Å². The minimum atomic E-state index is -0.294. The molecule has 0 aliphatic heterocycles. The van der Waals surface area contributed by atoms with E-state index in [2.05, 4.69) is 25.0 Å². The zero-order valence-electron chi connectivity index (χ0n) is 13.3. The third-order valence-electron chi connectivity index (χ3n) is 3.91. The van der Waals surface area contributed by atoms with Gasteiger partial charge in [0.05, 0.1) is 5.25 Å². The van der Waals surface area contributed by atoms with Gasteiger partial charge >= 0.3 is 0 Å². The van der Waals surface area contributed by atoms with Crippen molar-refractivity contribution in [3.05, 3.63) is 41.8 Å². The van der Waals surface area contributed by atoms with Crippen LogP contribution >= 0.6 is 11.8 Å². The molecular weight excluding hydrogens is 329 g/mol. The number of halogens is 1. The molecule has 1 aromatic carbocycles. The number of hydrogen-bond donors (Lipinski definition) is 0. The van der Waals surface area contributed by atoms with Gasteiger partial charge in [0.1, 0.15) is 11.6 Å². The molecule has 0 bridgehead atoms. The van der Waals surface area contributed by atoms with Gasteiger partial charge in [-0.1, -0.05) is 11.8 Å². The number of benzene rings is 1. The Morgan fingerprint density at radius 3 is 2.62 bits per heavy atom. The van der Waals surface area contributed by atoms with Crippen LogP contribution in [0.25, 0.3) is 11.5 Å². The van der Waals surface area contributed by atoms with E-state index in [4.69, 9.17) is 4.42 Å². The average Bonchev–Trinajstić information content (AvgIpc) is 3.15. The summed E-state index contributed by atoms with van der Waals surface area (Å²) >= 11 is 1.56. The molecule has 24 heavy (non-hydrogen) atoms. The minimum Gasteiger partial charge on any atom is -0.419 e. The monoisotopic (exact) mass is 345 g/mol. The van der Waals surface area contributed by atoms with Crippen molar-refractivity contribution < 1.29 is 8.81 Å². The molecule has 0 saturated heterocycles. The number of hydrogen-bond acceptors (Lipinski definition) is 6. The molecule has 0 amide bonds. The van der Waals surface area contributed by atoms with Gasteiger partial charge in [0.25, 0.3) is 0 Å². The van der Waals surface area contributed by atoms with E-state index >= 15 is 0 Å². The first-order valence-electron chi connectivity index (χ1n) is 7.79. The van der Waals surface area contributed by atoms with Crippen LogP contribution in [0.4, 0.5) is 4.39 Å². The van der Waals surface area contributed by atoms with Gasteiger partial charge in [0.2, 0.25) is 11.8 Å². The molecule has 1 atom stereocenters. The SMILES string of the molecule is Cc1nnc(S[C@@H](C)c2nnc(-c3ccc(F)cc3)o2)n1C1CC1. The molecule has 2 aromatic heterocycles. The topological polar surface area (TPSA) is 69.6 Å². The zero-order chi connectivity index (χ0) is 16.7. The third kappa shape index (κ3) is 2.93. The highest BCUT2D eigenvalue weighted by Crippen LogP contribution is 2.41. The van der Waals surface area contributed by atoms with Crippen molar-refractivity contribution in [2.75, 3.05) is 0 Å². The average molecular weight is 345 g/mol. The lowest BCUT2D eigenvalue weighted by molar-refractivity contribution is 0.508. The molecule has 2 heterocycles. The van der Waals surface area contributed by atoms with Gasteiger partial charge in [0.15, 0.2) is 5.16 Å². The summed E-state index contributed by atoms with van der Waals surface area (Å²) in [5, 5.41) is 17.4. The molecular formula is C16H16FN5OS. The summed E-state index contributed by atoms with van der Waals surface area (Å²) in [5.41, 5.74) is 0.698. The van der Waals surface area contributed by atoms with Crippen molar-refractivity contribution in [3.63, 3.8) is 0 Å². The molecule has 0 radical (unpaired) electrons. The molecule has 1 aliphatic carbocycles. The highest BCUT2D eigenvalue weighted by atomic mass is 32.2. The van der Waals surface area contributed by atoms with Gasteiger partial charge in [-0.3, -0.25) is 0 Å². The summed E-state index contributed by atoms with van der Waals surface area (Å²) in [5.74, 6) is 1.54. The Labute approximate surface area is 142 Å². The van der Waals surface area contributed by atoms with Gasteiger partial charge in [-0.25, -0.2) is 4.39 Å². The van der Waals surface area contributed by atoms with E-state index in [0.29, 0.717) is 23.4 Å². The van der Waals surface area contributed by atoms with Crippen molar-refractivity contribution in [1.82, 2.24) is 25.0 Å². The van der Waals surface area contributed by atoms with Crippen LogP contribution in [0.3, 0.4) is 0 Å². The van der Waals surface area contributed by atoms with Gasteiger partial charge in [0, 0.05) is 11.6 Å². The van der Waals surface area contributed by atoms with Crippen LogP contribution in [-0.4, -0.2) is 25.0 Å². The predicted molar refractivity (Wildman–Crippen MR) is 87.0 cm³/mol. The Morgan fingerprint density at radius 2 is 1.92 bits per heavy atom. The first-order valence-corrected chi connectivity index (χ1v) is 8.67. The van der Waals surface area contributed by atoms with E-state index < -0.39 is 0 Å². The number of thioether (sulfide) groups is 1. The van der Waals surface area contributed by atoms with Crippen molar-refractivity contribution >= 4 is 11.8 Å². The Balaban J connectivity index is 1.53. The van der Waals surface area contributed by atoms with Gasteiger partial charge in [-0.2, -0.15) is 0 Å². The number of rotatable bonds is 5. The summed E-state index contributed by atoms with van der Waals surface area (Å²) in [6, 6.07) is 6.51. The molecule has 4 rings (SSSR count). The van der Waals surface area contributed by atoms with Crippen LogP contribution in [0.2, 0.25) is 0 Å². The maximum atomic E-state index is 13.0. The zero-order valence-corrected chi connectivity index (χ0v) is 14.1. The molecule has 1 saturated carbocycles. The summed E-state index contributed by atoms with van der Waals surface area (Å²) in [4.78, 5) is 0. The normalized spacial score (nSPS) is 15.6. The fraction of sp³-hybridized carbons (Fsp3) is 0.375. The minimum absolute atomic E-state index is 0.0483. The van der Waals surface area contributed by atoms with Crippen LogP contribution < -0.4 is 0 Å². The van der Waals surface area contributed by atoms with Crippen LogP contribution in [0.15, 0.2) is 33.8 Å². The van der Waals surface area contributed by atoms with Gasteiger partial charge in [-0.05, 0) is 51.0 Å². The van der Waals surface area contributed by atoms with Crippen molar-refractivity contribution in [2.45, 2.75) is 43.1 Å². The third-order valence-corrected chi connectivity index (χ3v) is 4.95. The van der Waals surface area contributed by atoms with E-state index in [0.717, 1.165) is 11.0 Å². The van der Waals surface area contributed by atoms with E-state index in [1.807, 2.05) is 13.8 Å². The maximum absolute atomic E-state index is 13.0. The van der Waals surface area contributed by atoms with Crippen LogP contribution in [0, 0.1) is 12.7 Å². The first-order chi connectivity index (χ1) is 11.6. The largest absolute Gasteiger partial charge is 0.419 e. The summed E-state index contributed by atoms with van der Waals surface area (Å²) in [7, 11) is 0. The molecule has 6 nitrogen and oxygen atoms in total. The van der Waals surface area contributed by atoms with Crippen LogP contribution in [-0.2, 0) is 0 Å². The highest BCUT2D eigenvalue weighted by Gasteiger charge is 2.29. The number of nitrogens with zero attached hydrogens (tertiary/aromatic N) is 5. The standard InChI is InChI=1S/C16H16FN5OS/c1-9(24-16-21-18-10(2)22(16)13-7-8-13)14-19-20-15(23-14)11-3-5-12(17)6-4-11/h3-6,9,13H,7-8H2,1-2H3/t9-/m0/s1. The van der Waals surface area contributed by atoms with Gasteiger partial charge in [-0.15, -0.1) is 20.4 Å². The molecule has 1 fully saturated rings. The van der Waals surface area contributed by atoms with E-state index in [-0.39, 0.29) is 11.1 Å². The molecule has 0 unspecified atom stereocenters. The second-order valence-corrected chi connectivity index (χ2v) is 7.15. The number of aryl methyl sites for hydroxylation is 1. The van der Waals surface area contributed by atoms with Crippen molar-refractivity contribution in [1.29, 1.82) is 0 Å². The molecule has 8 heteroatoms. The Kier molecular flexibility index (Phi) is 3.84. The highest BCUT2D eigenvalue weighted by molar-refractivity contribution is 7.99. The Bertz CT molecular complexity index is 856. The maximum Gasteiger partial charge on any atom is 0.247 e. The lowest BCUT2D eigenvalue weighted by Gasteiger charge is -2.08.